The van der Waals surface area contributed by atoms with Crippen LogP contribution in [-0.2, 0) is 14.4 Å². The molecule has 0 aromatic rings. The summed E-state index contributed by atoms with van der Waals surface area (Å²) in [6.45, 7) is 7.41. The Kier molecular flexibility index (Phi) is 8.63. The number of hydrogen-bond acceptors (Lipinski definition) is 5. The number of hydrogen-bond donors (Lipinski definition) is 1. The third-order valence-electron chi connectivity index (χ3n) is 7.91. The van der Waals surface area contributed by atoms with Crippen molar-refractivity contribution in [2.24, 2.45) is 11.8 Å². The van der Waals surface area contributed by atoms with Gasteiger partial charge in [0, 0.05) is 44.6 Å². The number of aliphatic hydroxyl groups excluding tert-OH is 1. The summed E-state index contributed by atoms with van der Waals surface area (Å²) in [4.78, 5) is 47.5. The minimum Gasteiger partial charge on any atom is -0.396 e. The van der Waals surface area contributed by atoms with Crippen molar-refractivity contribution in [1.82, 2.24) is 14.7 Å². The van der Waals surface area contributed by atoms with E-state index in [0.29, 0.717) is 32.7 Å². The molecule has 0 saturated carbocycles. The van der Waals surface area contributed by atoms with Gasteiger partial charge >= 0.3 is 0 Å². The number of rotatable bonds is 11. The molecular weight excluding hydrogens is 462 g/mol. The van der Waals surface area contributed by atoms with E-state index < -0.39 is 22.6 Å². The Bertz CT molecular complexity index is 861. The minimum absolute atomic E-state index is 0.0282. The molecule has 1 N–H and O–H groups in total. The van der Waals surface area contributed by atoms with Gasteiger partial charge in [0.25, 0.3) is 0 Å². The molecule has 3 amide bonds. The molecule has 5 atom stereocenters. The first-order valence-corrected chi connectivity index (χ1v) is 14.4. The fourth-order valence-electron chi connectivity index (χ4n) is 6.24. The lowest BCUT2D eigenvalue weighted by Crippen LogP contribution is -2.53. The van der Waals surface area contributed by atoms with E-state index in [1.165, 1.54) is 0 Å². The number of thioether (sulfide) groups is 1. The molecular formula is C27H41N3O4S. The van der Waals surface area contributed by atoms with Crippen molar-refractivity contribution in [2.45, 2.75) is 74.8 Å². The van der Waals surface area contributed by atoms with Crippen molar-refractivity contribution in [3.8, 4) is 0 Å². The molecule has 0 aromatic heterocycles. The van der Waals surface area contributed by atoms with Crippen LogP contribution in [0.5, 0.6) is 0 Å². The Morgan fingerprint density at radius 1 is 0.886 bits per heavy atom. The largest absolute Gasteiger partial charge is 0.396 e. The normalized spacial score (nSPS) is 32.1. The summed E-state index contributed by atoms with van der Waals surface area (Å²) in [5.41, 5.74) is 0. The number of carbonyl (C=O) groups is 3. The lowest BCUT2D eigenvalue weighted by atomic mass is 9.78. The highest BCUT2D eigenvalue weighted by atomic mass is 32.2. The van der Waals surface area contributed by atoms with Crippen LogP contribution >= 0.6 is 11.8 Å². The van der Waals surface area contributed by atoms with Gasteiger partial charge in [-0.25, -0.2) is 0 Å². The average molecular weight is 504 g/mol. The van der Waals surface area contributed by atoms with Crippen LogP contribution in [0.2, 0.25) is 0 Å². The second kappa shape index (κ2) is 11.5. The van der Waals surface area contributed by atoms with E-state index in [-0.39, 0.29) is 29.6 Å². The highest BCUT2D eigenvalue weighted by molar-refractivity contribution is 8.02. The first-order chi connectivity index (χ1) is 17.0. The summed E-state index contributed by atoms with van der Waals surface area (Å²) in [6.07, 6.45) is 14.5. The Balaban J connectivity index is 1.68. The third kappa shape index (κ3) is 4.80. The lowest BCUT2D eigenvalue weighted by Gasteiger charge is -2.35. The molecule has 7 nitrogen and oxygen atoms in total. The van der Waals surface area contributed by atoms with E-state index in [4.69, 9.17) is 5.11 Å². The zero-order valence-electron chi connectivity index (χ0n) is 21.2. The molecule has 2 saturated heterocycles. The summed E-state index contributed by atoms with van der Waals surface area (Å²) >= 11 is 1.67. The van der Waals surface area contributed by atoms with Crippen molar-refractivity contribution in [3.63, 3.8) is 0 Å². The van der Waals surface area contributed by atoms with Crippen LogP contribution in [0.4, 0.5) is 0 Å². The van der Waals surface area contributed by atoms with Crippen molar-refractivity contribution >= 4 is 29.5 Å². The predicted octanol–water partition coefficient (Wildman–Crippen LogP) is 2.84. The third-order valence-corrected chi connectivity index (χ3v) is 9.65. The van der Waals surface area contributed by atoms with Crippen LogP contribution in [0.15, 0.2) is 24.3 Å². The number of unbranched alkanes of at least 4 members (excludes halogenated alkanes) is 4. The number of nitrogens with zero attached hydrogens (tertiary/aromatic N) is 3. The molecule has 2 fully saturated rings. The van der Waals surface area contributed by atoms with E-state index in [1.54, 1.807) is 11.8 Å². The Labute approximate surface area is 214 Å². The van der Waals surface area contributed by atoms with Crippen LogP contribution in [0, 0.1) is 11.8 Å². The fourth-order valence-corrected chi connectivity index (χ4v) is 8.25. The van der Waals surface area contributed by atoms with Crippen LogP contribution in [-0.4, -0.2) is 92.9 Å². The second-order valence-corrected chi connectivity index (χ2v) is 11.8. The topological polar surface area (TPSA) is 81.2 Å². The van der Waals surface area contributed by atoms with Gasteiger partial charge in [0.1, 0.15) is 6.04 Å². The molecule has 4 heterocycles. The molecule has 0 bridgehead atoms. The quantitative estimate of drug-likeness (QED) is 0.346. The van der Waals surface area contributed by atoms with Gasteiger partial charge < -0.3 is 19.8 Å². The smallest absolute Gasteiger partial charge is 0.247 e. The molecule has 1 spiro atoms. The SMILES string of the molecule is CCCCN1CC=C[C@]23S[C@H]4C=CCN(CCC)C(=O)[C@H]4[C@H]2C(=O)N(CCCCCCO)C3C1=O. The monoisotopic (exact) mass is 503 g/mol. The van der Waals surface area contributed by atoms with Crippen LogP contribution < -0.4 is 0 Å². The molecule has 8 heteroatoms. The molecule has 0 radical (unpaired) electrons. The summed E-state index contributed by atoms with van der Waals surface area (Å²) in [7, 11) is 0. The summed E-state index contributed by atoms with van der Waals surface area (Å²) in [6, 6.07) is -0.564. The van der Waals surface area contributed by atoms with Gasteiger partial charge in [-0.05, 0) is 25.7 Å². The molecule has 4 aliphatic heterocycles. The van der Waals surface area contributed by atoms with E-state index >= 15 is 0 Å². The summed E-state index contributed by atoms with van der Waals surface area (Å²) < 4.78 is -0.704. The van der Waals surface area contributed by atoms with Gasteiger partial charge in [0.15, 0.2) is 0 Å². The molecule has 194 valence electrons. The van der Waals surface area contributed by atoms with Gasteiger partial charge in [-0.15, -0.1) is 11.8 Å². The minimum atomic E-state index is -0.704. The number of carbonyl (C=O) groups excluding carboxylic acids is 3. The maximum atomic E-state index is 14.1. The van der Waals surface area contributed by atoms with E-state index in [0.717, 1.165) is 44.9 Å². The first-order valence-electron chi connectivity index (χ1n) is 13.5. The lowest BCUT2D eigenvalue weighted by molar-refractivity contribution is -0.144. The zero-order chi connectivity index (χ0) is 25.0. The zero-order valence-corrected chi connectivity index (χ0v) is 22.0. The highest BCUT2D eigenvalue weighted by Crippen LogP contribution is 2.61. The first kappa shape index (κ1) is 26.3. The summed E-state index contributed by atoms with van der Waals surface area (Å²) in [5.74, 6) is -0.894. The summed E-state index contributed by atoms with van der Waals surface area (Å²) in [5, 5.41) is 9.01. The number of amides is 3. The maximum Gasteiger partial charge on any atom is 0.247 e. The molecule has 4 rings (SSSR count). The van der Waals surface area contributed by atoms with E-state index in [9.17, 15) is 14.4 Å². The van der Waals surface area contributed by atoms with Gasteiger partial charge in [0.05, 0.1) is 16.6 Å². The second-order valence-electron chi connectivity index (χ2n) is 10.3. The standard InChI is InChI=1S/C27H41N3O4S/c1-3-5-15-29-17-11-13-27-22(21-20(35-27)12-10-16-28(14-4-2)24(21)32)25(33)30(23(27)26(29)34)18-8-6-7-9-19-31/h10-13,20-23,31H,3-9,14-19H2,1-2H3/t20-,21+,22-,23?,27-/m0/s1. The van der Waals surface area contributed by atoms with Gasteiger partial charge in [-0.3, -0.25) is 14.4 Å². The molecule has 1 unspecified atom stereocenters. The van der Waals surface area contributed by atoms with Gasteiger partial charge in [-0.2, -0.15) is 0 Å². The van der Waals surface area contributed by atoms with Crippen molar-refractivity contribution < 1.29 is 19.5 Å². The van der Waals surface area contributed by atoms with Gasteiger partial charge in [0.2, 0.25) is 17.7 Å². The number of likely N-dealkylation sites (tertiary alicyclic amines) is 1. The Morgan fingerprint density at radius 2 is 1.63 bits per heavy atom. The number of aliphatic hydroxyl groups is 1. The van der Waals surface area contributed by atoms with E-state index in [1.807, 2.05) is 14.7 Å². The predicted molar refractivity (Wildman–Crippen MR) is 139 cm³/mol. The molecule has 4 aliphatic rings. The number of fused-ring (bicyclic) bond motifs is 2. The van der Waals surface area contributed by atoms with E-state index in [2.05, 4.69) is 38.2 Å². The Hall–Kier alpha value is -1.80. The van der Waals surface area contributed by atoms with Crippen LogP contribution in [0.3, 0.4) is 0 Å². The van der Waals surface area contributed by atoms with Crippen LogP contribution in [0.25, 0.3) is 0 Å². The molecule has 0 aliphatic carbocycles. The van der Waals surface area contributed by atoms with Crippen LogP contribution in [0.1, 0.15) is 58.8 Å². The molecule has 0 aromatic carbocycles. The average Bonchev–Trinajstić information content (AvgIpc) is 3.16. The van der Waals surface area contributed by atoms with Crippen molar-refractivity contribution in [1.29, 1.82) is 0 Å². The highest BCUT2D eigenvalue weighted by Gasteiger charge is 2.70. The fraction of sp³-hybridized carbons (Fsp3) is 0.741. The maximum absolute atomic E-state index is 14.1. The Morgan fingerprint density at radius 3 is 2.37 bits per heavy atom. The van der Waals surface area contributed by atoms with Gasteiger partial charge in [-0.1, -0.05) is 57.4 Å². The van der Waals surface area contributed by atoms with Crippen molar-refractivity contribution in [2.75, 3.05) is 39.3 Å². The van der Waals surface area contributed by atoms with Crippen molar-refractivity contribution in [3.05, 3.63) is 24.3 Å². The molecule has 35 heavy (non-hydrogen) atoms.